The molecular formula is C12H14F6N2O. The molecular weight excluding hydrogens is 302 g/mol. The fourth-order valence-electron chi connectivity index (χ4n) is 1.36. The highest BCUT2D eigenvalue weighted by molar-refractivity contribution is 5.42. The molecule has 0 spiro atoms. The van der Waals surface area contributed by atoms with Crippen LogP contribution >= 0.6 is 0 Å². The Labute approximate surface area is 117 Å². The number of rotatable bonds is 6. The maximum absolute atomic E-state index is 12.7. The number of hydrogen-bond donors (Lipinski definition) is 1. The molecule has 1 aromatic heterocycles. The first kappa shape index (κ1) is 17.4. The van der Waals surface area contributed by atoms with Crippen LogP contribution in [0, 0.1) is 0 Å². The third-order valence-electron chi connectivity index (χ3n) is 2.32. The van der Waals surface area contributed by atoms with Gasteiger partial charge in [-0.2, -0.15) is 31.3 Å². The molecule has 21 heavy (non-hydrogen) atoms. The molecule has 0 fully saturated rings. The zero-order valence-corrected chi connectivity index (χ0v) is 11.1. The van der Waals surface area contributed by atoms with Crippen LogP contribution in [0.5, 0.6) is 5.88 Å². The van der Waals surface area contributed by atoms with Gasteiger partial charge < -0.3 is 10.1 Å². The van der Waals surface area contributed by atoms with E-state index in [1.54, 1.807) is 6.92 Å². The van der Waals surface area contributed by atoms with Crippen molar-refractivity contribution < 1.29 is 31.1 Å². The second kappa shape index (κ2) is 6.86. The van der Waals surface area contributed by atoms with Gasteiger partial charge >= 0.3 is 12.4 Å². The van der Waals surface area contributed by atoms with Crippen LogP contribution in [-0.4, -0.2) is 24.3 Å². The predicted octanol–water partition coefficient (Wildman–Crippen LogP) is 4.25. The molecule has 0 bridgehead atoms. The smallest absolute Gasteiger partial charge is 0.416 e. The number of nitrogens with one attached hydrogen (secondary N) is 1. The number of nitrogens with zero attached hydrogens (tertiary/aromatic N) is 1. The third kappa shape index (κ3) is 6.54. The number of ether oxygens (including phenoxy) is 1. The normalized spacial score (nSPS) is 12.3. The lowest BCUT2D eigenvalue weighted by molar-refractivity contribution is -0.141. The first-order valence-corrected chi connectivity index (χ1v) is 6.14. The third-order valence-corrected chi connectivity index (χ3v) is 2.32. The summed E-state index contributed by atoms with van der Waals surface area (Å²) in [6.07, 6.45) is -9.68. The molecule has 120 valence electrons. The van der Waals surface area contributed by atoms with E-state index < -0.39 is 36.8 Å². The van der Waals surface area contributed by atoms with E-state index in [0.29, 0.717) is 19.0 Å². The van der Waals surface area contributed by atoms with Crippen molar-refractivity contribution in [2.24, 2.45) is 0 Å². The average molecular weight is 316 g/mol. The second-order valence-corrected chi connectivity index (χ2v) is 4.22. The zero-order chi connectivity index (χ0) is 16.1. The second-order valence-electron chi connectivity index (χ2n) is 4.22. The Morgan fingerprint density at radius 3 is 2.33 bits per heavy atom. The summed E-state index contributed by atoms with van der Waals surface area (Å²) in [5, 5.41) is 2.64. The van der Waals surface area contributed by atoms with Gasteiger partial charge in [0, 0.05) is 12.6 Å². The van der Waals surface area contributed by atoms with Crippen molar-refractivity contribution in [3.05, 3.63) is 17.7 Å². The molecule has 0 aliphatic heterocycles. The molecule has 0 aliphatic rings. The Morgan fingerprint density at radius 1 is 1.14 bits per heavy atom. The maximum Gasteiger partial charge on any atom is 0.416 e. The Hall–Kier alpha value is -1.67. The van der Waals surface area contributed by atoms with Crippen LogP contribution in [0.1, 0.15) is 25.3 Å². The van der Waals surface area contributed by atoms with Crippen molar-refractivity contribution in [2.75, 3.05) is 18.5 Å². The minimum absolute atomic E-state index is 0.0892. The van der Waals surface area contributed by atoms with Gasteiger partial charge in [-0.25, -0.2) is 0 Å². The summed E-state index contributed by atoms with van der Waals surface area (Å²) in [4.78, 5) is 3.70. The van der Waals surface area contributed by atoms with Crippen LogP contribution in [0.2, 0.25) is 0 Å². The monoisotopic (exact) mass is 316 g/mol. The van der Waals surface area contributed by atoms with Crippen LogP contribution in [0.4, 0.5) is 32.2 Å². The van der Waals surface area contributed by atoms with Gasteiger partial charge in [-0.3, -0.25) is 0 Å². The van der Waals surface area contributed by atoms with Gasteiger partial charge in [-0.15, -0.1) is 0 Å². The van der Waals surface area contributed by atoms with Gasteiger partial charge in [0.15, 0.2) is 0 Å². The lowest BCUT2D eigenvalue weighted by Crippen LogP contribution is -2.14. The number of hydrogen-bond acceptors (Lipinski definition) is 3. The number of aromatic nitrogens is 1. The van der Waals surface area contributed by atoms with Crippen molar-refractivity contribution >= 4 is 5.82 Å². The van der Waals surface area contributed by atoms with E-state index in [4.69, 9.17) is 0 Å². The van der Waals surface area contributed by atoms with E-state index >= 15 is 0 Å². The predicted molar refractivity (Wildman–Crippen MR) is 64.2 cm³/mol. The van der Waals surface area contributed by atoms with E-state index in [2.05, 4.69) is 15.0 Å². The Morgan fingerprint density at radius 2 is 1.81 bits per heavy atom. The van der Waals surface area contributed by atoms with E-state index in [1.165, 1.54) is 0 Å². The zero-order valence-electron chi connectivity index (χ0n) is 11.1. The van der Waals surface area contributed by atoms with Crippen LogP contribution < -0.4 is 10.1 Å². The summed E-state index contributed by atoms with van der Waals surface area (Å²) in [5.74, 6) is -0.582. The minimum Gasteiger partial charge on any atom is -0.477 e. The van der Waals surface area contributed by atoms with E-state index in [-0.39, 0.29) is 5.82 Å². The number of halogens is 6. The van der Waals surface area contributed by atoms with Gasteiger partial charge in [0.25, 0.3) is 0 Å². The molecule has 1 N–H and O–H groups in total. The molecule has 0 radical (unpaired) electrons. The quantitative estimate of drug-likeness (QED) is 0.797. The number of pyridine rings is 1. The fraction of sp³-hybridized carbons (Fsp3) is 0.583. The van der Waals surface area contributed by atoms with Crippen LogP contribution in [0.15, 0.2) is 12.1 Å². The summed E-state index contributed by atoms with van der Waals surface area (Å²) >= 11 is 0. The molecule has 0 atom stereocenters. The van der Waals surface area contributed by atoms with Gasteiger partial charge in [0.05, 0.1) is 18.6 Å². The Kier molecular flexibility index (Phi) is 5.68. The van der Waals surface area contributed by atoms with Crippen LogP contribution in [0.3, 0.4) is 0 Å². The van der Waals surface area contributed by atoms with E-state index in [9.17, 15) is 26.3 Å². The standard InChI is InChI=1S/C12H14F6N2O/c1-2-4-19-9-6-8(12(16,17)18)7-10(20-9)21-5-3-11(13,14)15/h6-7H,2-5H2,1H3,(H,19,20). The molecule has 1 rings (SSSR count). The SMILES string of the molecule is CCCNc1cc(C(F)(F)F)cc(OCCC(F)(F)F)n1. The molecule has 1 heterocycles. The minimum atomic E-state index is -4.63. The largest absolute Gasteiger partial charge is 0.477 e. The van der Waals surface area contributed by atoms with Gasteiger partial charge in [0.1, 0.15) is 5.82 Å². The van der Waals surface area contributed by atoms with Gasteiger partial charge in [0.2, 0.25) is 5.88 Å². The van der Waals surface area contributed by atoms with Gasteiger partial charge in [-0.05, 0) is 12.5 Å². The molecule has 0 aliphatic carbocycles. The van der Waals surface area contributed by atoms with E-state index in [1.807, 2.05) is 0 Å². The molecule has 0 saturated heterocycles. The van der Waals surface area contributed by atoms with E-state index in [0.717, 1.165) is 6.07 Å². The average Bonchev–Trinajstić information content (AvgIpc) is 2.33. The Bertz CT molecular complexity index is 458. The molecule has 0 amide bonds. The first-order valence-electron chi connectivity index (χ1n) is 6.14. The lowest BCUT2D eigenvalue weighted by atomic mass is 10.2. The topological polar surface area (TPSA) is 34.1 Å². The van der Waals surface area contributed by atoms with Crippen molar-refractivity contribution in [3.63, 3.8) is 0 Å². The molecule has 3 nitrogen and oxygen atoms in total. The van der Waals surface area contributed by atoms with Crippen molar-refractivity contribution in [2.45, 2.75) is 32.1 Å². The summed E-state index contributed by atoms with van der Waals surface area (Å²) in [7, 11) is 0. The van der Waals surface area contributed by atoms with Crippen molar-refractivity contribution in [1.29, 1.82) is 0 Å². The van der Waals surface area contributed by atoms with Crippen LogP contribution in [0.25, 0.3) is 0 Å². The number of anilines is 1. The highest BCUT2D eigenvalue weighted by atomic mass is 19.4. The summed E-state index contributed by atoms with van der Waals surface area (Å²) < 4.78 is 78.7. The lowest BCUT2D eigenvalue weighted by Gasteiger charge is -2.13. The maximum atomic E-state index is 12.7. The summed E-state index contributed by atoms with van der Waals surface area (Å²) in [6.45, 7) is 1.41. The Balaban J connectivity index is 2.86. The molecule has 0 aromatic carbocycles. The highest BCUT2D eigenvalue weighted by Crippen LogP contribution is 2.32. The fourth-order valence-corrected chi connectivity index (χ4v) is 1.36. The summed E-state index contributed by atoms with van der Waals surface area (Å²) in [5.41, 5.74) is -1.03. The number of alkyl halides is 6. The van der Waals surface area contributed by atoms with Gasteiger partial charge in [-0.1, -0.05) is 6.92 Å². The highest BCUT2D eigenvalue weighted by Gasteiger charge is 2.32. The van der Waals surface area contributed by atoms with Crippen molar-refractivity contribution in [1.82, 2.24) is 4.98 Å². The van der Waals surface area contributed by atoms with Crippen molar-refractivity contribution in [3.8, 4) is 5.88 Å². The molecule has 1 aromatic rings. The molecule has 0 saturated carbocycles. The summed E-state index contributed by atoms with van der Waals surface area (Å²) in [6, 6.07) is 1.36. The molecule has 9 heteroatoms. The van der Waals surface area contributed by atoms with Crippen LogP contribution in [-0.2, 0) is 6.18 Å². The molecule has 0 unspecified atom stereocenters. The first-order chi connectivity index (χ1) is 9.62.